The van der Waals surface area contributed by atoms with Gasteiger partial charge < -0.3 is 4.42 Å². The van der Waals surface area contributed by atoms with Gasteiger partial charge in [-0.15, -0.1) is 10.2 Å². The van der Waals surface area contributed by atoms with Crippen LogP contribution in [0.25, 0.3) is 17.3 Å². The van der Waals surface area contributed by atoms with Gasteiger partial charge in [0.15, 0.2) is 17.3 Å². The lowest BCUT2D eigenvalue weighted by Gasteiger charge is -2.07. The Bertz CT molecular complexity index is 690. The fraction of sp³-hybridized carbons (Fsp3) is 0.154. The lowest BCUT2D eigenvalue weighted by Crippen LogP contribution is -1.99. The van der Waals surface area contributed by atoms with Crippen LogP contribution in [0.3, 0.4) is 0 Å². The molecule has 2 aromatic heterocycles. The monoisotopic (exact) mass is 272 g/mol. The summed E-state index contributed by atoms with van der Waals surface area (Å²) >= 11 is 1.54. The zero-order chi connectivity index (χ0) is 13.2. The molecule has 3 aromatic rings. The van der Waals surface area contributed by atoms with Crippen LogP contribution < -0.4 is 0 Å². The minimum atomic E-state index is 0.650. The number of hydrogen-bond acceptors (Lipinski definition) is 5. The first-order valence-corrected chi connectivity index (χ1v) is 6.99. The standard InChI is InChI=1S/C13H12N4OS/c1-9-11(18-8-14-9)12-15-16-13(19-2)17(12)10-6-4-3-5-7-10/h3-8H,1-2H3. The lowest BCUT2D eigenvalue weighted by atomic mass is 10.3. The van der Waals surface area contributed by atoms with Crippen molar-refractivity contribution in [2.24, 2.45) is 0 Å². The first-order chi connectivity index (χ1) is 9.31. The highest BCUT2D eigenvalue weighted by Gasteiger charge is 2.19. The summed E-state index contributed by atoms with van der Waals surface area (Å²) in [7, 11) is 0. The van der Waals surface area contributed by atoms with Crippen LogP contribution in [-0.2, 0) is 0 Å². The van der Waals surface area contributed by atoms with Crippen LogP contribution in [0.5, 0.6) is 0 Å². The molecule has 96 valence electrons. The highest BCUT2D eigenvalue weighted by Crippen LogP contribution is 2.28. The maximum atomic E-state index is 5.43. The number of oxazole rings is 1. The molecule has 0 amide bonds. The van der Waals surface area contributed by atoms with E-state index in [1.54, 1.807) is 11.8 Å². The smallest absolute Gasteiger partial charge is 0.207 e. The van der Waals surface area contributed by atoms with Crippen LogP contribution in [0.2, 0.25) is 0 Å². The molecule has 0 bridgehead atoms. The number of hydrogen-bond donors (Lipinski definition) is 0. The molecule has 0 aliphatic rings. The van der Waals surface area contributed by atoms with Crippen molar-refractivity contribution >= 4 is 11.8 Å². The van der Waals surface area contributed by atoms with Gasteiger partial charge in [-0.2, -0.15) is 0 Å². The molecule has 0 fully saturated rings. The van der Waals surface area contributed by atoms with E-state index in [-0.39, 0.29) is 0 Å². The molecule has 0 atom stereocenters. The van der Waals surface area contributed by atoms with Crippen molar-refractivity contribution < 1.29 is 4.42 Å². The van der Waals surface area contributed by atoms with E-state index in [0.717, 1.165) is 16.5 Å². The van der Waals surface area contributed by atoms with E-state index in [0.29, 0.717) is 11.6 Å². The van der Waals surface area contributed by atoms with Crippen LogP contribution in [-0.4, -0.2) is 26.0 Å². The Morgan fingerprint density at radius 2 is 1.95 bits per heavy atom. The van der Waals surface area contributed by atoms with Crippen molar-refractivity contribution in [3.63, 3.8) is 0 Å². The molecule has 0 spiro atoms. The molecule has 0 unspecified atom stereocenters. The number of thioether (sulfide) groups is 1. The van der Waals surface area contributed by atoms with Gasteiger partial charge in [0.1, 0.15) is 0 Å². The van der Waals surface area contributed by atoms with Crippen LogP contribution >= 0.6 is 11.8 Å². The normalized spacial score (nSPS) is 10.8. The van der Waals surface area contributed by atoms with Crippen molar-refractivity contribution in [1.29, 1.82) is 0 Å². The van der Waals surface area contributed by atoms with Crippen LogP contribution in [0.4, 0.5) is 0 Å². The first kappa shape index (κ1) is 12.0. The molecule has 1 aromatic carbocycles. The number of aromatic nitrogens is 4. The topological polar surface area (TPSA) is 56.7 Å². The van der Waals surface area contributed by atoms with Gasteiger partial charge >= 0.3 is 0 Å². The van der Waals surface area contributed by atoms with E-state index in [1.807, 2.05) is 48.1 Å². The van der Waals surface area contributed by atoms with Crippen molar-refractivity contribution in [2.75, 3.05) is 6.26 Å². The number of para-hydroxylation sites is 1. The van der Waals surface area contributed by atoms with Gasteiger partial charge in [0, 0.05) is 5.69 Å². The van der Waals surface area contributed by atoms with Gasteiger partial charge in [-0.25, -0.2) is 4.98 Å². The number of aryl methyl sites for hydroxylation is 1. The minimum Gasteiger partial charge on any atom is -0.440 e. The molecular formula is C13H12N4OS. The van der Waals surface area contributed by atoms with E-state index in [9.17, 15) is 0 Å². The Balaban J connectivity index is 2.23. The van der Waals surface area contributed by atoms with Crippen molar-refractivity contribution in [1.82, 2.24) is 19.7 Å². The highest BCUT2D eigenvalue weighted by molar-refractivity contribution is 7.98. The molecule has 0 saturated carbocycles. The number of benzene rings is 1. The van der Waals surface area contributed by atoms with E-state index < -0.39 is 0 Å². The molecule has 2 heterocycles. The summed E-state index contributed by atoms with van der Waals surface area (Å²) in [5.41, 5.74) is 1.81. The molecule has 0 N–H and O–H groups in total. The van der Waals surface area contributed by atoms with E-state index in [4.69, 9.17) is 4.42 Å². The SMILES string of the molecule is CSc1nnc(-c2ocnc2C)n1-c1ccccc1. The summed E-state index contributed by atoms with van der Waals surface area (Å²) in [6, 6.07) is 9.97. The summed E-state index contributed by atoms with van der Waals surface area (Å²) in [6.45, 7) is 1.89. The third-order valence-corrected chi connectivity index (χ3v) is 3.41. The molecule has 0 aliphatic carbocycles. The first-order valence-electron chi connectivity index (χ1n) is 5.76. The predicted molar refractivity (Wildman–Crippen MR) is 73.4 cm³/mol. The minimum absolute atomic E-state index is 0.650. The van der Waals surface area contributed by atoms with Crippen LogP contribution in [0.15, 0.2) is 46.3 Å². The third-order valence-electron chi connectivity index (χ3n) is 2.78. The zero-order valence-electron chi connectivity index (χ0n) is 10.6. The fourth-order valence-corrected chi connectivity index (χ4v) is 2.37. The Labute approximate surface area is 114 Å². The van der Waals surface area contributed by atoms with Crippen LogP contribution in [0.1, 0.15) is 5.69 Å². The molecule has 3 rings (SSSR count). The van der Waals surface area contributed by atoms with Gasteiger partial charge in [-0.1, -0.05) is 30.0 Å². The number of nitrogens with zero attached hydrogens (tertiary/aromatic N) is 4. The second-order valence-electron chi connectivity index (χ2n) is 3.95. The van der Waals surface area contributed by atoms with Gasteiger partial charge in [-0.3, -0.25) is 4.57 Å². The van der Waals surface area contributed by atoms with E-state index in [2.05, 4.69) is 15.2 Å². The Morgan fingerprint density at radius 3 is 2.58 bits per heavy atom. The lowest BCUT2D eigenvalue weighted by molar-refractivity contribution is 0.564. The summed E-state index contributed by atoms with van der Waals surface area (Å²) in [6.07, 6.45) is 3.40. The van der Waals surface area contributed by atoms with Crippen molar-refractivity contribution in [3.05, 3.63) is 42.4 Å². The Hall–Kier alpha value is -2.08. The Kier molecular flexibility index (Phi) is 3.08. The van der Waals surface area contributed by atoms with Crippen molar-refractivity contribution in [2.45, 2.75) is 12.1 Å². The van der Waals surface area contributed by atoms with Gasteiger partial charge in [0.05, 0.1) is 5.69 Å². The highest BCUT2D eigenvalue weighted by atomic mass is 32.2. The molecule has 0 aliphatic heterocycles. The van der Waals surface area contributed by atoms with Gasteiger partial charge in [0.25, 0.3) is 0 Å². The quantitative estimate of drug-likeness (QED) is 0.686. The maximum Gasteiger partial charge on any atom is 0.207 e. The molecule has 5 nitrogen and oxygen atoms in total. The average molecular weight is 272 g/mol. The summed E-state index contributed by atoms with van der Waals surface area (Å²) in [5.74, 6) is 1.32. The molecular weight excluding hydrogens is 260 g/mol. The van der Waals surface area contributed by atoms with Crippen LogP contribution in [0, 0.1) is 6.92 Å². The average Bonchev–Trinajstić information content (AvgIpc) is 3.05. The van der Waals surface area contributed by atoms with E-state index >= 15 is 0 Å². The summed E-state index contributed by atoms with van der Waals surface area (Å²) < 4.78 is 7.40. The van der Waals surface area contributed by atoms with Gasteiger partial charge in [-0.05, 0) is 25.3 Å². The Morgan fingerprint density at radius 1 is 1.16 bits per heavy atom. The van der Waals surface area contributed by atoms with Gasteiger partial charge in [0.2, 0.25) is 5.82 Å². The third kappa shape index (κ3) is 2.04. The number of rotatable bonds is 3. The molecule has 0 saturated heterocycles. The second-order valence-corrected chi connectivity index (χ2v) is 4.72. The summed E-state index contributed by atoms with van der Waals surface area (Å²) in [5, 5.41) is 9.24. The predicted octanol–water partition coefficient (Wildman–Crippen LogP) is 2.95. The largest absolute Gasteiger partial charge is 0.440 e. The summed E-state index contributed by atoms with van der Waals surface area (Å²) in [4.78, 5) is 4.11. The van der Waals surface area contributed by atoms with E-state index in [1.165, 1.54) is 6.39 Å². The van der Waals surface area contributed by atoms with Crippen molar-refractivity contribution in [3.8, 4) is 17.3 Å². The molecule has 0 radical (unpaired) electrons. The maximum absolute atomic E-state index is 5.43. The fourth-order valence-electron chi connectivity index (χ4n) is 1.88. The molecule has 6 heteroatoms. The molecule has 19 heavy (non-hydrogen) atoms. The second kappa shape index (κ2) is 4.89. The zero-order valence-corrected chi connectivity index (χ0v) is 11.4.